The van der Waals surface area contributed by atoms with Crippen molar-refractivity contribution in [2.24, 2.45) is 0 Å². The molecule has 0 aromatic carbocycles. The first-order valence-corrected chi connectivity index (χ1v) is 9.78. The maximum Gasteiger partial charge on any atom is 0.236 e. The van der Waals surface area contributed by atoms with Gasteiger partial charge >= 0.3 is 0 Å². The van der Waals surface area contributed by atoms with Gasteiger partial charge in [0.2, 0.25) is 5.91 Å². The van der Waals surface area contributed by atoms with Crippen molar-refractivity contribution in [3.63, 3.8) is 0 Å². The normalized spacial score (nSPS) is 21.3. The molecule has 0 saturated carbocycles. The number of hydrogen-bond acceptors (Lipinski definition) is 5. The smallest absolute Gasteiger partial charge is 0.236 e. The van der Waals surface area contributed by atoms with Crippen LogP contribution in [0.4, 0.5) is 0 Å². The average molecular weight is 369 g/mol. The Morgan fingerprint density at radius 3 is 2.85 bits per heavy atom. The second kappa shape index (κ2) is 8.63. The molecule has 144 valence electrons. The lowest BCUT2D eigenvalue weighted by atomic mass is 9.97. The molecule has 1 amide bonds. The Morgan fingerprint density at radius 1 is 1.15 bits per heavy atom. The minimum absolute atomic E-state index is 0.226. The minimum Gasteiger partial charge on any atom is -0.379 e. The molecule has 0 radical (unpaired) electrons. The van der Waals surface area contributed by atoms with E-state index in [2.05, 4.69) is 19.4 Å². The second-order valence-corrected chi connectivity index (χ2v) is 7.30. The molecule has 2 aromatic heterocycles. The molecular formula is C20H27N5O2. The number of nitrogens with zero attached hydrogens (tertiary/aromatic N) is 5. The molecule has 0 spiro atoms. The first-order chi connectivity index (χ1) is 13.3. The highest BCUT2D eigenvalue weighted by atomic mass is 16.5. The van der Waals surface area contributed by atoms with Crippen molar-refractivity contribution in [1.29, 1.82) is 0 Å². The van der Waals surface area contributed by atoms with Crippen LogP contribution >= 0.6 is 0 Å². The van der Waals surface area contributed by atoms with Crippen molar-refractivity contribution >= 4 is 5.91 Å². The first kappa shape index (κ1) is 18.1. The molecule has 2 saturated heterocycles. The standard InChI is InChI=1S/C20H27N5O2/c26-19(16-23-10-12-27-13-11-23)24-8-3-4-17(14-24)20-22-7-9-25(20)15-18-5-1-2-6-21-18/h1-2,5-7,9,17H,3-4,8,10-16H2/t17-/m0/s1. The summed E-state index contributed by atoms with van der Waals surface area (Å²) in [6.07, 6.45) is 7.78. The zero-order chi connectivity index (χ0) is 18.5. The number of carbonyl (C=O) groups excluding carboxylic acids is 1. The van der Waals surface area contributed by atoms with Gasteiger partial charge in [0, 0.05) is 50.7 Å². The van der Waals surface area contributed by atoms with Gasteiger partial charge in [-0.25, -0.2) is 4.98 Å². The van der Waals surface area contributed by atoms with Crippen LogP contribution in [0.1, 0.15) is 30.3 Å². The minimum atomic E-state index is 0.226. The summed E-state index contributed by atoms with van der Waals surface area (Å²) in [5, 5.41) is 0. The summed E-state index contributed by atoms with van der Waals surface area (Å²) in [6, 6.07) is 5.96. The van der Waals surface area contributed by atoms with Crippen LogP contribution in [0.15, 0.2) is 36.8 Å². The van der Waals surface area contributed by atoms with Crippen LogP contribution in [0, 0.1) is 0 Å². The lowest BCUT2D eigenvalue weighted by Crippen LogP contribution is -2.47. The summed E-state index contributed by atoms with van der Waals surface area (Å²) in [5.74, 6) is 1.57. The molecule has 0 unspecified atom stereocenters. The van der Waals surface area contributed by atoms with Crippen LogP contribution in [-0.4, -0.2) is 76.2 Å². The van der Waals surface area contributed by atoms with Crippen molar-refractivity contribution in [2.75, 3.05) is 45.9 Å². The Labute approximate surface area is 160 Å². The summed E-state index contributed by atoms with van der Waals surface area (Å²) < 4.78 is 7.54. The van der Waals surface area contributed by atoms with Crippen molar-refractivity contribution in [3.8, 4) is 0 Å². The summed E-state index contributed by atoms with van der Waals surface area (Å²) in [6.45, 7) is 5.95. The van der Waals surface area contributed by atoms with E-state index < -0.39 is 0 Å². The van der Waals surface area contributed by atoms with Gasteiger partial charge in [0.1, 0.15) is 5.82 Å². The quantitative estimate of drug-likeness (QED) is 0.796. The molecule has 7 heteroatoms. The fourth-order valence-corrected chi connectivity index (χ4v) is 3.95. The summed E-state index contributed by atoms with van der Waals surface area (Å²) in [7, 11) is 0. The van der Waals surface area contributed by atoms with E-state index >= 15 is 0 Å². The van der Waals surface area contributed by atoms with E-state index in [0.717, 1.165) is 63.8 Å². The van der Waals surface area contributed by atoms with Crippen molar-refractivity contribution in [2.45, 2.75) is 25.3 Å². The number of imidazole rings is 1. The monoisotopic (exact) mass is 369 g/mol. The number of amides is 1. The summed E-state index contributed by atoms with van der Waals surface area (Å²) >= 11 is 0. The Bertz CT molecular complexity index is 742. The van der Waals surface area contributed by atoms with Crippen LogP contribution in [0.25, 0.3) is 0 Å². The third-order valence-electron chi connectivity index (χ3n) is 5.41. The van der Waals surface area contributed by atoms with Gasteiger partial charge in [-0.15, -0.1) is 0 Å². The van der Waals surface area contributed by atoms with E-state index in [1.807, 2.05) is 41.7 Å². The number of piperidine rings is 1. The van der Waals surface area contributed by atoms with Crippen LogP contribution in [0.2, 0.25) is 0 Å². The Hall–Kier alpha value is -2.25. The molecule has 4 heterocycles. The number of pyridine rings is 1. The molecule has 27 heavy (non-hydrogen) atoms. The number of carbonyl (C=O) groups is 1. The highest BCUT2D eigenvalue weighted by molar-refractivity contribution is 5.78. The first-order valence-electron chi connectivity index (χ1n) is 9.78. The molecule has 7 nitrogen and oxygen atoms in total. The van der Waals surface area contributed by atoms with Gasteiger partial charge in [-0.1, -0.05) is 6.07 Å². The van der Waals surface area contributed by atoms with E-state index in [1.54, 1.807) is 0 Å². The zero-order valence-electron chi connectivity index (χ0n) is 15.7. The average Bonchev–Trinajstić information content (AvgIpc) is 3.18. The van der Waals surface area contributed by atoms with Crippen molar-refractivity contribution in [3.05, 3.63) is 48.3 Å². The number of morpholine rings is 1. The molecule has 2 aliphatic rings. The number of hydrogen-bond donors (Lipinski definition) is 0. The molecule has 0 N–H and O–H groups in total. The SMILES string of the molecule is O=C(CN1CCOCC1)N1CCC[C@H](c2nccn2Cc2ccccn2)C1. The van der Waals surface area contributed by atoms with Crippen LogP contribution < -0.4 is 0 Å². The topological polar surface area (TPSA) is 63.5 Å². The molecule has 2 aromatic rings. The van der Waals surface area contributed by atoms with E-state index in [4.69, 9.17) is 4.74 Å². The molecule has 1 atom stereocenters. The lowest BCUT2D eigenvalue weighted by molar-refractivity contribution is -0.134. The van der Waals surface area contributed by atoms with E-state index in [-0.39, 0.29) is 11.8 Å². The largest absolute Gasteiger partial charge is 0.379 e. The summed E-state index contributed by atoms with van der Waals surface area (Å²) in [4.78, 5) is 26.0. The van der Waals surface area contributed by atoms with Gasteiger partial charge in [0.15, 0.2) is 0 Å². The Morgan fingerprint density at radius 2 is 2.04 bits per heavy atom. The predicted octanol–water partition coefficient (Wildman–Crippen LogP) is 1.36. The van der Waals surface area contributed by atoms with Gasteiger partial charge in [-0.3, -0.25) is 14.7 Å². The maximum absolute atomic E-state index is 12.8. The fourth-order valence-electron chi connectivity index (χ4n) is 3.95. The van der Waals surface area contributed by atoms with Gasteiger partial charge in [0.05, 0.1) is 32.0 Å². The third-order valence-corrected chi connectivity index (χ3v) is 5.41. The van der Waals surface area contributed by atoms with Crippen LogP contribution in [-0.2, 0) is 16.1 Å². The predicted molar refractivity (Wildman–Crippen MR) is 101 cm³/mol. The highest BCUT2D eigenvalue weighted by Crippen LogP contribution is 2.26. The molecular weight excluding hydrogens is 342 g/mol. The summed E-state index contributed by atoms with van der Waals surface area (Å²) in [5.41, 5.74) is 1.02. The molecule has 2 fully saturated rings. The van der Waals surface area contributed by atoms with Gasteiger partial charge in [-0.2, -0.15) is 0 Å². The molecule has 0 bridgehead atoms. The molecule has 0 aliphatic carbocycles. The lowest BCUT2D eigenvalue weighted by Gasteiger charge is -2.35. The van der Waals surface area contributed by atoms with Gasteiger partial charge in [0.25, 0.3) is 0 Å². The number of ether oxygens (including phenoxy) is 1. The van der Waals surface area contributed by atoms with Crippen LogP contribution in [0.5, 0.6) is 0 Å². The third kappa shape index (κ3) is 4.54. The van der Waals surface area contributed by atoms with Gasteiger partial charge < -0.3 is 14.2 Å². The van der Waals surface area contributed by atoms with Crippen LogP contribution in [0.3, 0.4) is 0 Å². The van der Waals surface area contributed by atoms with Gasteiger partial charge in [-0.05, 0) is 25.0 Å². The Kier molecular flexibility index (Phi) is 5.79. The van der Waals surface area contributed by atoms with Crippen molar-refractivity contribution in [1.82, 2.24) is 24.3 Å². The maximum atomic E-state index is 12.8. The highest BCUT2D eigenvalue weighted by Gasteiger charge is 2.28. The Balaban J connectivity index is 1.39. The van der Waals surface area contributed by atoms with E-state index in [0.29, 0.717) is 13.1 Å². The number of likely N-dealkylation sites (tertiary alicyclic amines) is 1. The van der Waals surface area contributed by atoms with E-state index in [1.165, 1.54) is 0 Å². The molecule has 4 rings (SSSR count). The number of aromatic nitrogens is 3. The molecule has 2 aliphatic heterocycles. The van der Waals surface area contributed by atoms with Crippen molar-refractivity contribution < 1.29 is 9.53 Å². The van der Waals surface area contributed by atoms with E-state index in [9.17, 15) is 4.79 Å². The number of rotatable bonds is 5. The fraction of sp³-hybridized carbons (Fsp3) is 0.550. The second-order valence-electron chi connectivity index (χ2n) is 7.30. The zero-order valence-corrected chi connectivity index (χ0v) is 15.7.